The molecular weight excluding hydrogens is 650 g/mol. The minimum absolute atomic E-state index is 0.0927. The summed E-state index contributed by atoms with van der Waals surface area (Å²) in [5.41, 5.74) is 2.37. The Hall–Kier alpha value is -4.14. The number of aryl methyl sites for hydroxylation is 3. The minimum Gasteiger partial charge on any atom is -0.490 e. The maximum atomic E-state index is 14.4. The summed E-state index contributed by atoms with van der Waals surface area (Å²) >= 11 is 0. The number of hydrogen-bond acceptors (Lipinski definition) is 9. The number of carbonyl (C=O) groups excluding carboxylic acids is 2. The maximum Gasteiger partial charge on any atom is 0.321 e. The van der Waals surface area contributed by atoms with E-state index in [-0.39, 0.29) is 53.9 Å². The summed E-state index contributed by atoms with van der Waals surface area (Å²) in [6.07, 6.45) is 1.55. The van der Waals surface area contributed by atoms with Crippen LogP contribution in [0.4, 0.5) is 16.2 Å². The number of aromatic nitrogens is 1. The summed E-state index contributed by atoms with van der Waals surface area (Å²) in [5.74, 6) is 0.104. The molecule has 2 heterocycles. The van der Waals surface area contributed by atoms with Gasteiger partial charge in [-0.25, -0.2) is 13.2 Å². The van der Waals surface area contributed by atoms with Gasteiger partial charge in [0.15, 0.2) is 5.76 Å². The molecule has 2 aromatic carbocycles. The maximum absolute atomic E-state index is 14.4. The van der Waals surface area contributed by atoms with Crippen molar-refractivity contribution in [1.29, 1.82) is 0 Å². The van der Waals surface area contributed by atoms with Crippen molar-refractivity contribution in [3.05, 3.63) is 65.0 Å². The first-order chi connectivity index (χ1) is 23.2. The standard InChI is InChI=1S/C35H49N5O8S/c1-22-11-14-29(15-12-22)49(44,45)38-28-13-16-31-30(18-28)34(42)40(24(3)21-41)19-23(2)32(46-17-9-8-10-25(4)47-31)20-39(7)35(43)36-33-26(5)37-48-27(33)6/h11-16,18,23-25,32,38,41H,8-10,17,19-21H2,1-7H3,(H,36,43)/t23-,24+,25-,32+/m1/s1. The zero-order chi connectivity index (χ0) is 35.9. The molecule has 0 aliphatic carbocycles. The predicted octanol–water partition coefficient (Wildman–Crippen LogP) is 5.36. The van der Waals surface area contributed by atoms with Crippen LogP contribution in [0.25, 0.3) is 0 Å². The lowest BCUT2D eigenvalue weighted by atomic mass is 10.0. The Bertz CT molecular complexity index is 1670. The number of benzene rings is 2. The molecule has 14 heteroatoms. The van der Waals surface area contributed by atoms with Gasteiger partial charge in [0, 0.05) is 38.3 Å². The Labute approximate surface area is 289 Å². The molecule has 3 N–H and O–H groups in total. The first-order valence-electron chi connectivity index (χ1n) is 16.6. The van der Waals surface area contributed by atoms with Crippen LogP contribution in [-0.2, 0) is 14.8 Å². The summed E-state index contributed by atoms with van der Waals surface area (Å²) in [7, 11) is -2.27. The fourth-order valence-electron chi connectivity index (χ4n) is 5.60. The molecule has 1 aromatic heterocycles. The van der Waals surface area contributed by atoms with Gasteiger partial charge in [0.05, 0.1) is 35.3 Å². The van der Waals surface area contributed by atoms with Crippen LogP contribution in [0.3, 0.4) is 0 Å². The summed E-state index contributed by atoms with van der Waals surface area (Å²) in [4.78, 5) is 30.7. The fraction of sp³-hybridized carbons (Fsp3) is 0.514. The Balaban J connectivity index is 1.63. The van der Waals surface area contributed by atoms with Crippen LogP contribution in [0, 0.1) is 26.7 Å². The Morgan fingerprint density at radius 2 is 1.84 bits per heavy atom. The molecule has 13 nitrogen and oxygen atoms in total. The molecule has 0 radical (unpaired) electrons. The van der Waals surface area contributed by atoms with Gasteiger partial charge >= 0.3 is 6.03 Å². The monoisotopic (exact) mass is 699 g/mol. The molecule has 4 rings (SSSR count). The number of rotatable bonds is 8. The first-order valence-corrected chi connectivity index (χ1v) is 18.1. The molecular formula is C35H49N5O8S. The number of aliphatic hydroxyl groups excluding tert-OH is 1. The lowest BCUT2D eigenvalue weighted by Gasteiger charge is -2.35. The molecule has 49 heavy (non-hydrogen) atoms. The number of nitrogens with one attached hydrogen (secondary N) is 2. The number of aliphatic hydroxyl groups is 1. The minimum atomic E-state index is -3.94. The van der Waals surface area contributed by atoms with Gasteiger partial charge in [-0.1, -0.05) is 29.8 Å². The molecule has 1 aliphatic heterocycles. The van der Waals surface area contributed by atoms with E-state index in [0.29, 0.717) is 35.9 Å². The molecule has 0 saturated heterocycles. The van der Waals surface area contributed by atoms with Crippen molar-refractivity contribution in [3.8, 4) is 5.75 Å². The van der Waals surface area contributed by atoms with Gasteiger partial charge in [-0.15, -0.1) is 0 Å². The average molecular weight is 700 g/mol. The van der Waals surface area contributed by atoms with Crippen LogP contribution in [0.15, 0.2) is 51.9 Å². The Morgan fingerprint density at radius 3 is 2.49 bits per heavy atom. The van der Waals surface area contributed by atoms with E-state index in [1.54, 1.807) is 57.0 Å². The molecule has 3 amide bonds. The van der Waals surface area contributed by atoms with Gasteiger partial charge in [0.25, 0.3) is 15.9 Å². The van der Waals surface area contributed by atoms with E-state index in [1.807, 2.05) is 20.8 Å². The molecule has 4 atom stereocenters. The normalized spacial score (nSPS) is 20.0. The number of fused-ring (bicyclic) bond motifs is 1. The number of likely N-dealkylation sites (N-methyl/N-ethyl adjacent to an activating group) is 1. The van der Waals surface area contributed by atoms with Crippen LogP contribution in [0.5, 0.6) is 5.75 Å². The third kappa shape index (κ3) is 9.73. The van der Waals surface area contributed by atoms with Crippen molar-refractivity contribution in [1.82, 2.24) is 15.0 Å². The Morgan fingerprint density at radius 1 is 1.12 bits per heavy atom. The van der Waals surface area contributed by atoms with E-state index >= 15 is 0 Å². The molecule has 1 aliphatic rings. The molecule has 0 spiro atoms. The van der Waals surface area contributed by atoms with Crippen LogP contribution >= 0.6 is 0 Å². The van der Waals surface area contributed by atoms with E-state index in [2.05, 4.69) is 15.2 Å². The Kier molecular flexibility index (Phi) is 12.7. The van der Waals surface area contributed by atoms with E-state index in [1.165, 1.54) is 23.1 Å². The number of carbonyl (C=O) groups is 2. The number of sulfonamides is 1. The number of urea groups is 1. The van der Waals surface area contributed by atoms with Crippen molar-refractivity contribution in [3.63, 3.8) is 0 Å². The second kappa shape index (κ2) is 16.5. The average Bonchev–Trinajstić information content (AvgIpc) is 3.38. The zero-order valence-electron chi connectivity index (χ0n) is 29.4. The van der Waals surface area contributed by atoms with Gasteiger partial charge in [-0.2, -0.15) is 0 Å². The molecule has 0 fully saturated rings. The van der Waals surface area contributed by atoms with Gasteiger partial charge in [0.1, 0.15) is 17.1 Å². The highest BCUT2D eigenvalue weighted by Crippen LogP contribution is 2.30. The fourth-order valence-corrected chi connectivity index (χ4v) is 6.65. The topological polar surface area (TPSA) is 164 Å². The van der Waals surface area contributed by atoms with E-state index < -0.39 is 28.1 Å². The second-order valence-electron chi connectivity index (χ2n) is 12.9. The number of amides is 3. The smallest absolute Gasteiger partial charge is 0.321 e. The van der Waals surface area contributed by atoms with E-state index in [4.69, 9.17) is 14.0 Å². The highest BCUT2D eigenvalue weighted by atomic mass is 32.2. The number of hydrogen-bond donors (Lipinski definition) is 3. The number of ether oxygens (including phenoxy) is 2. The molecule has 0 unspecified atom stereocenters. The molecule has 3 aromatic rings. The quantitative estimate of drug-likeness (QED) is 0.281. The molecule has 0 bridgehead atoms. The van der Waals surface area contributed by atoms with Crippen molar-refractivity contribution in [2.45, 2.75) is 84.0 Å². The first kappa shape index (κ1) is 37.7. The van der Waals surface area contributed by atoms with Gasteiger partial charge in [-0.3, -0.25) is 9.52 Å². The SMILES string of the molecule is Cc1ccc(S(=O)(=O)Nc2ccc3c(c2)C(=O)N([C@@H](C)CO)C[C@@H](C)[C@H](CN(C)C(=O)Nc2c(C)noc2C)OCCCC[C@@H](C)O3)cc1. The number of nitrogens with zero attached hydrogens (tertiary/aromatic N) is 3. The van der Waals surface area contributed by atoms with Crippen LogP contribution in [0.1, 0.15) is 67.4 Å². The van der Waals surface area contributed by atoms with Crippen molar-refractivity contribution in [2.24, 2.45) is 5.92 Å². The van der Waals surface area contributed by atoms with Crippen LogP contribution in [0.2, 0.25) is 0 Å². The van der Waals surface area contributed by atoms with Gasteiger partial charge in [0.2, 0.25) is 0 Å². The van der Waals surface area contributed by atoms with Crippen molar-refractivity contribution >= 4 is 33.3 Å². The van der Waals surface area contributed by atoms with E-state index in [0.717, 1.165) is 18.4 Å². The van der Waals surface area contributed by atoms with Crippen LogP contribution in [-0.4, -0.2) is 92.0 Å². The summed E-state index contributed by atoms with van der Waals surface area (Å²) in [5, 5.41) is 17.0. The van der Waals surface area contributed by atoms with Crippen molar-refractivity contribution < 1.29 is 37.1 Å². The van der Waals surface area contributed by atoms with Gasteiger partial charge in [-0.05, 0) is 84.2 Å². The highest BCUT2D eigenvalue weighted by molar-refractivity contribution is 7.92. The lowest BCUT2D eigenvalue weighted by molar-refractivity contribution is -0.0115. The molecule has 0 saturated carbocycles. The zero-order valence-corrected chi connectivity index (χ0v) is 30.2. The van der Waals surface area contributed by atoms with E-state index in [9.17, 15) is 23.1 Å². The summed E-state index contributed by atoms with van der Waals surface area (Å²) in [6, 6.07) is 10.2. The molecule has 268 valence electrons. The summed E-state index contributed by atoms with van der Waals surface area (Å²) in [6.45, 7) is 11.5. The largest absolute Gasteiger partial charge is 0.490 e. The van der Waals surface area contributed by atoms with Crippen molar-refractivity contribution in [2.75, 3.05) is 43.4 Å². The third-order valence-electron chi connectivity index (χ3n) is 8.70. The second-order valence-corrected chi connectivity index (χ2v) is 14.6. The number of anilines is 2. The predicted molar refractivity (Wildman–Crippen MR) is 186 cm³/mol. The lowest BCUT2D eigenvalue weighted by Crippen LogP contribution is -2.48. The third-order valence-corrected chi connectivity index (χ3v) is 10.1. The highest BCUT2D eigenvalue weighted by Gasteiger charge is 2.31. The van der Waals surface area contributed by atoms with Gasteiger partial charge < -0.3 is 34.2 Å². The summed E-state index contributed by atoms with van der Waals surface area (Å²) < 4.78 is 46.8. The van der Waals surface area contributed by atoms with Crippen LogP contribution < -0.4 is 14.8 Å².